The van der Waals surface area contributed by atoms with Crippen molar-refractivity contribution in [3.63, 3.8) is 0 Å². The van der Waals surface area contributed by atoms with Gasteiger partial charge in [-0.3, -0.25) is 4.79 Å². The van der Waals surface area contributed by atoms with Gasteiger partial charge in [0.2, 0.25) is 0 Å². The van der Waals surface area contributed by atoms with Gasteiger partial charge in [-0.25, -0.2) is 9.59 Å². The normalized spacial score (nSPS) is 12.9. The van der Waals surface area contributed by atoms with Crippen molar-refractivity contribution in [2.24, 2.45) is 0 Å². The van der Waals surface area contributed by atoms with E-state index in [-0.39, 0.29) is 16.8 Å². The maximum atomic E-state index is 12.8. The zero-order valence-corrected chi connectivity index (χ0v) is 15.6. The fourth-order valence-electron chi connectivity index (χ4n) is 2.60. The molecule has 2 N–H and O–H groups in total. The van der Waals surface area contributed by atoms with Gasteiger partial charge in [0.25, 0.3) is 0 Å². The first-order chi connectivity index (χ1) is 13.8. The number of aliphatic carboxylic acids is 2. The van der Waals surface area contributed by atoms with Crippen molar-refractivity contribution in [2.45, 2.75) is 26.1 Å². The Labute approximate surface area is 164 Å². The second-order valence-corrected chi connectivity index (χ2v) is 6.36. The Kier molecular flexibility index (Phi) is 5.54. The number of ether oxygens (including phenoxy) is 2. The fourth-order valence-corrected chi connectivity index (χ4v) is 2.60. The Morgan fingerprint density at radius 1 is 0.897 bits per heavy atom. The van der Waals surface area contributed by atoms with Crippen LogP contribution in [0.25, 0.3) is 22.1 Å². The molecule has 0 aliphatic heterocycles. The Hall–Kier alpha value is -3.81. The number of carboxylic acid groups (broad SMARTS) is 2. The molecule has 0 amide bonds. The number of hydrogen-bond donors (Lipinski definition) is 2. The second kappa shape index (κ2) is 8.05. The van der Waals surface area contributed by atoms with E-state index >= 15 is 0 Å². The lowest BCUT2D eigenvalue weighted by Gasteiger charge is -2.11. The maximum absolute atomic E-state index is 12.8. The first-order valence-corrected chi connectivity index (χ1v) is 8.71. The van der Waals surface area contributed by atoms with E-state index in [1.54, 1.807) is 24.3 Å². The molecule has 0 aliphatic carbocycles. The molecule has 0 fully saturated rings. The Morgan fingerprint density at radius 3 is 2.03 bits per heavy atom. The first-order valence-electron chi connectivity index (χ1n) is 8.71. The van der Waals surface area contributed by atoms with Crippen LogP contribution in [0.1, 0.15) is 13.8 Å². The molecule has 0 unspecified atom stereocenters. The lowest BCUT2D eigenvalue weighted by atomic mass is 10.1. The van der Waals surface area contributed by atoms with Crippen molar-refractivity contribution in [1.29, 1.82) is 0 Å². The molecular weight excluding hydrogens is 380 g/mol. The summed E-state index contributed by atoms with van der Waals surface area (Å²) in [5.74, 6) is -1.54. The van der Waals surface area contributed by atoms with E-state index in [9.17, 15) is 14.4 Å². The molecule has 0 bridgehead atoms. The number of carboxylic acids is 2. The molecule has 0 saturated heterocycles. The molecular formula is C21H18O8. The minimum atomic E-state index is -1.10. The van der Waals surface area contributed by atoms with Crippen LogP contribution in [-0.2, 0) is 9.59 Å². The summed E-state index contributed by atoms with van der Waals surface area (Å²) in [6.45, 7) is 2.82. The molecule has 1 heterocycles. The molecule has 29 heavy (non-hydrogen) atoms. The molecule has 2 aromatic carbocycles. The summed E-state index contributed by atoms with van der Waals surface area (Å²) in [6, 6.07) is 10.9. The van der Waals surface area contributed by atoms with E-state index < -0.39 is 24.1 Å². The van der Waals surface area contributed by atoms with Crippen LogP contribution in [0.15, 0.2) is 57.9 Å². The van der Waals surface area contributed by atoms with E-state index in [0.717, 1.165) is 0 Å². The third kappa shape index (κ3) is 4.37. The van der Waals surface area contributed by atoms with Crippen LogP contribution in [0.2, 0.25) is 0 Å². The van der Waals surface area contributed by atoms with Crippen LogP contribution < -0.4 is 14.9 Å². The van der Waals surface area contributed by atoms with Gasteiger partial charge in [0.15, 0.2) is 17.6 Å². The quantitative estimate of drug-likeness (QED) is 0.622. The summed E-state index contributed by atoms with van der Waals surface area (Å²) in [4.78, 5) is 34.6. The van der Waals surface area contributed by atoms with Gasteiger partial charge in [-0.1, -0.05) is 12.1 Å². The summed E-state index contributed by atoms with van der Waals surface area (Å²) in [7, 11) is 0. The van der Waals surface area contributed by atoms with Crippen molar-refractivity contribution in [3.05, 3.63) is 59.0 Å². The average Bonchev–Trinajstić information content (AvgIpc) is 2.69. The van der Waals surface area contributed by atoms with Crippen LogP contribution in [-0.4, -0.2) is 34.4 Å². The monoisotopic (exact) mass is 398 g/mol. The first kappa shape index (κ1) is 19.9. The van der Waals surface area contributed by atoms with Crippen LogP contribution in [0.5, 0.6) is 11.5 Å². The van der Waals surface area contributed by atoms with Gasteiger partial charge in [-0.15, -0.1) is 0 Å². The Bertz CT molecular complexity index is 1110. The van der Waals surface area contributed by atoms with Gasteiger partial charge >= 0.3 is 11.9 Å². The van der Waals surface area contributed by atoms with E-state index in [2.05, 4.69) is 0 Å². The van der Waals surface area contributed by atoms with Crippen LogP contribution in [0, 0.1) is 0 Å². The number of carbonyl (C=O) groups is 2. The Morgan fingerprint density at radius 2 is 1.45 bits per heavy atom. The SMILES string of the molecule is C[C@H](Oc1ccc(-c2coc3cc(O[C@@H](C)C(=O)O)ccc3c2=O)cc1)C(=O)O. The lowest BCUT2D eigenvalue weighted by molar-refractivity contribution is -0.145. The van der Waals surface area contributed by atoms with E-state index in [1.807, 2.05) is 0 Å². The van der Waals surface area contributed by atoms with E-state index in [4.69, 9.17) is 24.1 Å². The third-order valence-electron chi connectivity index (χ3n) is 4.23. The highest BCUT2D eigenvalue weighted by molar-refractivity contribution is 5.83. The molecule has 0 aliphatic rings. The third-order valence-corrected chi connectivity index (χ3v) is 4.23. The van der Waals surface area contributed by atoms with Gasteiger partial charge in [0.1, 0.15) is 23.3 Å². The van der Waals surface area contributed by atoms with Crippen molar-refractivity contribution in [2.75, 3.05) is 0 Å². The minimum Gasteiger partial charge on any atom is -0.479 e. The summed E-state index contributed by atoms with van der Waals surface area (Å²) < 4.78 is 16.1. The summed E-state index contributed by atoms with van der Waals surface area (Å²) >= 11 is 0. The minimum absolute atomic E-state index is 0.267. The highest BCUT2D eigenvalue weighted by Gasteiger charge is 2.15. The van der Waals surface area contributed by atoms with Gasteiger partial charge in [-0.2, -0.15) is 0 Å². The molecule has 3 rings (SSSR count). The largest absolute Gasteiger partial charge is 0.479 e. The molecule has 0 spiro atoms. The van der Waals surface area contributed by atoms with Crippen molar-refractivity contribution in [1.82, 2.24) is 0 Å². The smallest absolute Gasteiger partial charge is 0.344 e. The van der Waals surface area contributed by atoms with Crippen molar-refractivity contribution >= 4 is 22.9 Å². The maximum Gasteiger partial charge on any atom is 0.344 e. The van der Waals surface area contributed by atoms with Crippen LogP contribution in [0.3, 0.4) is 0 Å². The summed E-state index contributed by atoms with van der Waals surface area (Å²) in [5.41, 5.74) is 0.902. The zero-order valence-electron chi connectivity index (χ0n) is 15.6. The highest BCUT2D eigenvalue weighted by Crippen LogP contribution is 2.25. The fraction of sp³-hybridized carbons (Fsp3) is 0.190. The number of hydrogen-bond acceptors (Lipinski definition) is 6. The molecule has 0 radical (unpaired) electrons. The summed E-state index contributed by atoms with van der Waals surface area (Å²) in [6.07, 6.45) is -0.722. The van der Waals surface area contributed by atoms with Crippen LogP contribution >= 0.6 is 0 Å². The summed E-state index contributed by atoms with van der Waals surface area (Å²) in [5, 5.41) is 18.1. The zero-order chi connectivity index (χ0) is 21.1. The van der Waals surface area contributed by atoms with Gasteiger partial charge in [-0.05, 0) is 43.7 Å². The van der Waals surface area contributed by atoms with E-state index in [0.29, 0.717) is 22.3 Å². The topological polar surface area (TPSA) is 123 Å². The molecule has 3 aromatic rings. The number of rotatable bonds is 7. The predicted molar refractivity (Wildman–Crippen MR) is 103 cm³/mol. The van der Waals surface area contributed by atoms with E-state index in [1.165, 1.54) is 38.3 Å². The predicted octanol–water partition coefficient (Wildman–Crippen LogP) is 3.16. The average molecular weight is 398 g/mol. The Balaban J connectivity index is 1.89. The van der Waals surface area contributed by atoms with Crippen molar-refractivity contribution < 1.29 is 33.7 Å². The van der Waals surface area contributed by atoms with Gasteiger partial charge in [0.05, 0.1) is 10.9 Å². The molecule has 0 saturated carbocycles. The molecule has 1 aromatic heterocycles. The number of benzene rings is 2. The van der Waals surface area contributed by atoms with Gasteiger partial charge < -0.3 is 24.1 Å². The standard InChI is InChI=1S/C21H18O8/c1-11(20(23)24)28-14-5-3-13(4-6-14)17-10-27-18-9-15(29-12(2)21(25)26)7-8-16(18)19(17)22/h3-12H,1-2H3,(H,23,24)(H,25,26)/t11-,12-/m0/s1. The van der Waals surface area contributed by atoms with Crippen molar-refractivity contribution in [3.8, 4) is 22.6 Å². The van der Waals surface area contributed by atoms with Gasteiger partial charge in [0, 0.05) is 6.07 Å². The lowest BCUT2D eigenvalue weighted by Crippen LogP contribution is -2.22. The molecule has 8 nitrogen and oxygen atoms in total. The van der Waals surface area contributed by atoms with Crippen LogP contribution in [0.4, 0.5) is 0 Å². The highest BCUT2D eigenvalue weighted by atomic mass is 16.5. The molecule has 150 valence electrons. The molecule has 8 heteroatoms. The second-order valence-electron chi connectivity index (χ2n) is 6.36. The number of fused-ring (bicyclic) bond motifs is 1. The molecule has 2 atom stereocenters.